The summed E-state index contributed by atoms with van der Waals surface area (Å²) in [5, 5.41) is 9.61. The molecular weight excluding hydrogens is 568 g/mol. The molecular formula is C41H60N2O3. The fourth-order valence-corrected chi connectivity index (χ4v) is 6.65. The second-order valence-electron chi connectivity index (χ2n) is 13.2. The van der Waals surface area contributed by atoms with E-state index in [9.17, 15) is 5.11 Å². The van der Waals surface area contributed by atoms with Crippen molar-refractivity contribution in [2.75, 3.05) is 19.6 Å². The van der Waals surface area contributed by atoms with Gasteiger partial charge in [0.1, 0.15) is 0 Å². The first-order chi connectivity index (χ1) is 22.6. The van der Waals surface area contributed by atoms with Gasteiger partial charge in [-0.25, -0.2) is 0 Å². The Balaban J connectivity index is 1.48. The molecule has 5 nitrogen and oxygen atoms in total. The smallest absolute Gasteiger partial charge is 0.184 e. The molecule has 0 bridgehead atoms. The molecule has 0 radical (unpaired) electrons. The molecule has 1 heterocycles. The summed E-state index contributed by atoms with van der Waals surface area (Å²) in [6, 6.07) is 25.2. The first kappa shape index (κ1) is 36.3. The summed E-state index contributed by atoms with van der Waals surface area (Å²) in [4.78, 5) is 2.67. The second kappa shape index (κ2) is 20.6. The molecule has 1 saturated heterocycles. The Hall–Kier alpha value is -2.54. The van der Waals surface area contributed by atoms with Crippen molar-refractivity contribution in [1.82, 2.24) is 4.90 Å². The van der Waals surface area contributed by atoms with Crippen molar-refractivity contribution in [2.45, 2.75) is 129 Å². The van der Waals surface area contributed by atoms with Gasteiger partial charge in [0.25, 0.3) is 0 Å². The van der Waals surface area contributed by atoms with Crippen molar-refractivity contribution in [2.24, 2.45) is 5.73 Å². The van der Waals surface area contributed by atoms with Gasteiger partial charge in [-0.15, -0.1) is 0 Å². The van der Waals surface area contributed by atoms with E-state index in [1.54, 1.807) is 0 Å². The van der Waals surface area contributed by atoms with Crippen molar-refractivity contribution in [3.63, 3.8) is 0 Å². The molecule has 3 N–H and O–H groups in total. The van der Waals surface area contributed by atoms with Crippen LogP contribution in [0, 0.1) is 0 Å². The summed E-state index contributed by atoms with van der Waals surface area (Å²) in [6.45, 7) is 8.33. The number of benzene rings is 3. The molecule has 0 unspecified atom stereocenters. The third-order valence-electron chi connectivity index (χ3n) is 9.46. The van der Waals surface area contributed by atoms with Gasteiger partial charge < -0.3 is 25.2 Å². The van der Waals surface area contributed by atoms with Crippen LogP contribution in [0.2, 0.25) is 0 Å². The molecule has 3 aromatic rings. The van der Waals surface area contributed by atoms with E-state index in [0.717, 1.165) is 53.9 Å². The molecule has 252 valence electrons. The van der Waals surface area contributed by atoms with E-state index < -0.39 is 6.29 Å². The third kappa shape index (κ3) is 11.6. The molecule has 1 aliphatic heterocycles. The lowest BCUT2D eigenvalue weighted by Gasteiger charge is -2.38. The Kier molecular flexibility index (Phi) is 16.3. The summed E-state index contributed by atoms with van der Waals surface area (Å²) in [6.07, 6.45) is 16.2. The number of aliphatic hydroxyl groups is 1. The van der Waals surface area contributed by atoms with E-state index in [-0.39, 0.29) is 18.8 Å². The zero-order valence-electron chi connectivity index (χ0n) is 28.7. The van der Waals surface area contributed by atoms with Crippen LogP contribution in [0.1, 0.15) is 132 Å². The number of ether oxygens (including phenoxy) is 2. The Morgan fingerprint density at radius 3 is 1.89 bits per heavy atom. The van der Waals surface area contributed by atoms with Gasteiger partial charge in [0.2, 0.25) is 0 Å². The Bertz CT molecular complexity index is 1210. The zero-order chi connectivity index (χ0) is 32.4. The van der Waals surface area contributed by atoms with E-state index in [0.29, 0.717) is 6.54 Å². The maximum absolute atomic E-state index is 9.61. The number of rotatable bonds is 21. The predicted molar refractivity (Wildman–Crippen MR) is 191 cm³/mol. The maximum Gasteiger partial charge on any atom is 0.184 e. The first-order valence-electron chi connectivity index (χ1n) is 18.3. The standard InChI is InChI=1S/C41H60N2O3/c1-3-5-7-9-11-15-27-43(28-16-12-10-8-6-4-2)31-38-29-40(35-21-19-33(32-44)20-22-35)46-41(45-38)36-25-23-34(24-26-36)39-18-14-13-17-37(39)30-42/h13-14,17-26,38,40-41,44H,3-12,15-16,27-32,42H2,1-2H3/t38-,40+,41+/m1/s1. The molecule has 0 aliphatic carbocycles. The highest BCUT2D eigenvalue weighted by atomic mass is 16.7. The van der Waals surface area contributed by atoms with E-state index in [1.807, 2.05) is 18.2 Å². The first-order valence-corrected chi connectivity index (χ1v) is 18.3. The largest absolute Gasteiger partial charge is 0.392 e. The molecule has 0 spiro atoms. The van der Waals surface area contributed by atoms with Crippen LogP contribution in [0.25, 0.3) is 11.1 Å². The average Bonchev–Trinajstić information content (AvgIpc) is 3.11. The van der Waals surface area contributed by atoms with Gasteiger partial charge in [-0.3, -0.25) is 0 Å². The molecule has 4 rings (SSSR count). The van der Waals surface area contributed by atoms with Gasteiger partial charge in [-0.2, -0.15) is 0 Å². The molecule has 3 aromatic carbocycles. The summed E-state index contributed by atoms with van der Waals surface area (Å²) >= 11 is 0. The van der Waals surface area contributed by atoms with Gasteiger partial charge in [0.05, 0.1) is 18.8 Å². The van der Waals surface area contributed by atoms with Gasteiger partial charge in [0.15, 0.2) is 6.29 Å². The lowest BCUT2D eigenvalue weighted by molar-refractivity contribution is -0.253. The van der Waals surface area contributed by atoms with E-state index in [4.69, 9.17) is 15.2 Å². The maximum atomic E-state index is 9.61. The summed E-state index contributed by atoms with van der Waals surface area (Å²) in [5.41, 5.74) is 12.6. The fraction of sp³-hybridized carbons (Fsp3) is 0.561. The molecule has 0 amide bonds. The van der Waals surface area contributed by atoms with Crippen LogP contribution in [0.4, 0.5) is 0 Å². The minimum absolute atomic E-state index is 0.0473. The van der Waals surface area contributed by atoms with Gasteiger partial charge in [0, 0.05) is 25.1 Å². The molecule has 3 atom stereocenters. The van der Waals surface area contributed by atoms with Crippen molar-refractivity contribution in [3.8, 4) is 11.1 Å². The van der Waals surface area contributed by atoms with Crippen LogP contribution in [0.5, 0.6) is 0 Å². The second-order valence-corrected chi connectivity index (χ2v) is 13.2. The molecule has 0 aromatic heterocycles. The fourth-order valence-electron chi connectivity index (χ4n) is 6.65. The SMILES string of the molecule is CCCCCCCCN(CCCCCCCC)C[C@H]1C[C@@H](c2ccc(CO)cc2)O[C@@H](c2ccc(-c3ccccc3CN)cc2)O1. The number of aliphatic hydroxyl groups excluding tert-OH is 1. The molecule has 0 saturated carbocycles. The number of nitrogens with two attached hydrogens (primary N) is 1. The minimum atomic E-state index is -0.440. The topological polar surface area (TPSA) is 68.0 Å². The average molecular weight is 629 g/mol. The summed E-state index contributed by atoms with van der Waals surface area (Å²) in [5.74, 6) is 0. The molecule has 1 fully saturated rings. The van der Waals surface area contributed by atoms with Crippen LogP contribution in [-0.2, 0) is 22.6 Å². The van der Waals surface area contributed by atoms with Gasteiger partial charge in [-0.1, -0.05) is 151 Å². The quantitative estimate of drug-likeness (QED) is 0.115. The lowest BCUT2D eigenvalue weighted by atomic mass is 9.97. The third-order valence-corrected chi connectivity index (χ3v) is 9.46. The molecule has 1 aliphatic rings. The zero-order valence-corrected chi connectivity index (χ0v) is 28.7. The van der Waals surface area contributed by atoms with Crippen LogP contribution >= 0.6 is 0 Å². The predicted octanol–water partition coefficient (Wildman–Crippen LogP) is 9.87. The Morgan fingerprint density at radius 2 is 1.28 bits per heavy atom. The van der Waals surface area contributed by atoms with Crippen LogP contribution < -0.4 is 5.73 Å². The molecule has 5 heteroatoms. The number of nitrogens with zero attached hydrogens (tertiary/aromatic N) is 1. The highest BCUT2D eigenvalue weighted by Gasteiger charge is 2.33. The normalized spacial score (nSPS) is 18.3. The summed E-state index contributed by atoms with van der Waals surface area (Å²) < 4.78 is 13.5. The number of unbranched alkanes of at least 4 members (excludes halogenated alkanes) is 10. The monoisotopic (exact) mass is 628 g/mol. The van der Waals surface area contributed by atoms with Crippen molar-refractivity contribution < 1.29 is 14.6 Å². The van der Waals surface area contributed by atoms with Gasteiger partial charge >= 0.3 is 0 Å². The highest BCUT2D eigenvalue weighted by Crippen LogP contribution is 2.39. The Labute approximate surface area is 279 Å². The lowest BCUT2D eigenvalue weighted by Crippen LogP contribution is -2.40. The van der Waals surface area contributed by atoms with E-state index in [1.165, 1.54) is 82.6 Å². The Morgan fingerprint density at radius 1 is 0.696 bits per heavy atom. The van der Waals surface area contributed by atoms with Gasteiger partial charge in [-0.05, 0) is 53.7 Å². The summed E-state index contributed by atoms with van der Waals surface area (Å²) in [7, 11) is 0. The van der Waals surface area contributed by atoms with Crippen molar-refractivity contribution >= 4 is 0 Å². The van der Waals surface area contributed by atoms with Crippen LogP contribution in [-0.4, -0.2) is 35.7 Å². The van der Waals surface area contributed by atoms with E-state index in [2.05, 4.69) is 73.3 Å². The van der Waals surface area contributed by atoms with Crippen LogP contribution in [0.3, 0.4) is 0 Å². The van der Waals surface area contributed by atoms with Crippen molar-refractivity contribution in [3.05, 3.63) is 95.1 Å². The van der Waals surface area contributed by atoms with E-state index >= 15 is 0 Å². The van der Waals surface area contributed by atoms with Crippen molar-refractivity contribution in [1.29, 1.82) is 0 Å². The highest BCUT2D eigenvalue weighted by molar-refractivity contribution is 5.67. The molecule has 46 heavy (non-hydrogen) atoms. The number of hydrogen-bond acceptors (Lipinski definition) is 5. The minimum Gasteiger partial charge on any atom is -0.392 e. The van der Waals surface area contributed by atoms with Crippen LogP contribution in [0.15, 0.2) is 72.8 Å². The number of hydrogen-bond donors (Lipinski definition) is 2.